The number of halogens is 1. The van der Waals surface area contributed by atoms with E-state index in [-0.39, 0.29) is 4.83 Å². The molecule has 1 unspecified atom stereocenters. The molecule has 0 N–H and O–H groups in total. The molecule has 0 aromatic carbocycles. The largest absolute Gasteiger partial charge is 0.333 e. The summed E-state index contributed by atoms with van der Waals surface area (Å²) < 4.78 is 3.95. The third-order valence-electron chi connectivity index (χ3n) is 2.70. The SMILES string of the molecule is CCC(Br)c1cn(Cc2cncn2CC)nn1. The highest BCUT2D eigenvalue weighted by Crippen LogP contribution is 2.23. The summed E-state index contributed by atoms with van der Waals surface area (Å²) >= 11 is 3.57. The van der Waals surface area contributed by atoms with Gasteiger partial charge in [-0.3, -0.25) is 0 Å². The van der Waals surface area contributed by atoms with E-state index in [1.807, 2.05) is 23.4 Å². The minimum Gasteiger partial charge on any atom is -0.333 e. The Hall–Kier alpha value is -1.17. The zero-order valence-electron chi connectivity index (χ0n) is 10.0. The lowest BCUT2D eigenvalue weighted by atomic mass is 10.3. The van der Waals surface area contributed by atoms with Crippen molar-refractivity contribution in [3.63, 3.8) is 0 Å². The molecule has 17 heavy (non-hydrogen) atoms. The number of aromatic nitrogens is 5. The number of rotatable bonds is 5. The van der Waals surface area contributed by atoms with Crippen LogP contribution in [0.4, 0.5) is 0 Å². The van der Waals surface area contributed by atoms with Crippen molar-refractivity contribution >= 4 is 15.9 Å². The van der Waals surface area contributed by atoms with E-state index in [4.69, 9.17) is 0 Å². The fraction of sp³-hybridized carbons (Fsp3) is 0.545. The Labute approximate surface area is 109 Å². The van der Waals surface area contributed by atoms with E-state index in [9.17, 15) is 0 Å². The second-order valence-electron chi connectivity index (χ2n) is 3.89. The molecular weight excluding hydrogens is 282 g/mol. The van der Waals surface area contributed by atoms with Gasteiger partial charge in [-0.05, 0) is 13.3 Å². The average molecular weight is 298 g/mol. The molecule has 1 atom stereocenters. The van der Waals surface area contributed by atoms with Gasteiger partial charge in [0.2, 0.25) is 0 Å². The van der Waals surface area contributed by atoms with E-state index in [0.717, 1.165) is 24.4 Å². The summed E-state index contributed by atoms with van der Waals surface area (Å²) in [7, 11) is 0. The molecule has 2 aromatic rings. The summed E-state index contributed by atoms with van der Waals surface area (Å²) in [5.41, 5.74) is 2.13. The third-order valence-corrected chi connectivity index (χ3v) is 3.82. The van der Waals surface area contributed by atoms with E-state index in [1.54, 1.807) is 0 Å². The van der Waals surface area contributed by atoms with Crippen LogP contribution < -0.4 is 0 Å². The van der Waals surface area contributed by atoms with Crippen molar-refractivity contribution in [2.75, 3.05) is 0 Å². The first-order valence-corrected chi connectivity index (χ1v) is 6.69. The molecule has 0 radical (unpaired) electrons. The van der Waals surface area contributed by atoms with Crippen LogP contribution in [0.15, 0.2) is 18.7 Å². The maximum absolute atomic E-state index is 4.16. The van der Waals surface area contributed by atoms with Gasteiger partial charge in [-0.15, -0.1) is 5.10 Å². The second kappa shape index (κ2) is 5.44. The Morgan fingerprint density at radius 3 is 2.94 bits per heavy atom. The zero-order valence-corrected chi connectivity index (χ0v) is 11.6. The maximum Gasteiger partial charge on any atom is 0.0963 e. The molecule has 0 spiro atoms. The normalized spacial score (nSPS) is 12.9. The van der Waals surface area contributed by atoms with Gasteiger partial charge in [0.15, 0.2) is 0 Å². The molecule has 0 fully saturated rings. The zero-order chi connectivity index (χ0) is 12.3. The Balaban J connectivity index is 2.11. The number of alkyl halides is 1. The fourth-order valence-electron chi connectivity index (χ4n) is 1.67. The minimum absolute atomic E-state index is 0.285. The molecule has 2 aromatic heterocycles. The first-order chi connectivity index (χ1) is 8.24. The number of aryl methyl sites for hydroxylation is 1. The van der Waals surface area contributed by atoms with Gasteiger partial charge >= 0.3 is 0 Å². The molecule has 2 heterocycles. The molecule has 0 bridgehead atoms. The van der Waals surface area contributed by atoms with Gasteiger partial charge in [0.05, 0.1) is 41.5 Å². The summed E-state index contributed by atoms with van der Waals surface area (Å²) in [4.78, 5) is 4.42. The molecule has 5 nitrogen and oxygen atoms in total. The van der Waals surface area contributed by atoms with Crippen molar-refractivity contribution in [1.29, 1.82) is 0 Å². The molecule has 2 rings (SSSR count). The highest BCUT2D eigenvalue weighted by Gasteiger charge is 2.10. The summed E-state index contributed by atoms with van der Waals surface area (Å²) in [5, 5.41) is 8.29. The molecule has 0 aliphatic rings. The summed E-state index contributed by atoms with van der Waals surface area (Å²) in [6.07, 6.45) is 6.70. The van der Waals surface area contributed by atoms with Gasteiger partial charge in [0.25, 0.3) is 0 Å². The molecule has 0 saturated carbocycles. The van der Waals surface area contributed by atoms with Crippen LogP contribution in [0.2, 0.25) is 0 Å². The van der Waals surface area contributed by atoms with Crippen molar-refractivity contribution in [3.8, 4) is 0 Å². The van der Waals surface area contributed by atoms with E-state index in [1.165, 1.54) is 0 Å². The lowest BCUT2D eigenvalue weighted by Gasteiger charge is -2.04. The summed E-state index contributed by atoms with van der Waals surface area (Å²) in [6, 6.07) is 0. The van der Waals surface area contributed by atoms with E-state index in [2.05, 4.69) is 49.6 Å². The first-order valence-electron chi connectivity index (χ1n) is 5.77. The lowest BCUT2D eigenvalue weighted by molar-refractivity contribution is 0.602. The topological polar surface area (TPSA) is 48.5 Å². The summed E-state index contributed by atoms with van der Waals surface area (Å²) in [5.74, 6) is 0. The first kappa shape index (κ1) is 12.3. The minimum atomic E-state index is 0.285. The Kier molecular flexibility index (Phi) is 3.93. The van der Waals surface area contributed by atoms with Crippen molar-refractivity contribution in [2.24, 2.45) is 0 Å². The quantitative estimate of drug-likeness (QED) is 0.796. The number of nitrogens with zero attached hydrogens (tertiary/aromatic N) is 5. The fourth-order valence-corrected chi connectivity index (χ4v) is 1.88. The maximum atomic E-state index is 4.16. The van der Waals surface area contributed by atoms with E-state index in [0.29, 0.717) is 6.54 Å². The predicted octanol–water partition coefficient (Wildman–Crippen LogP) is 2.39. The van der Waals surface area contributed by atoms with Crippen LogP contribution in [0.1, 0.15) is 36.5 Å². The van der Waals surface area contributed by atoms with Crippen molar-refractivity contribution in [3.05, 3.63) is 30.1 Å². The van der Waals surface area contributed by atoms with Crippen LogP contribution in [0, 0.1) is 0 Å². The molecule has 0 saturated heterocycles. The van der Waals surface area contributed by atoms with Crippen LogP contribution >= 0.6 is 15.9 Å². The molecule has 0 amide bonds. The highest BCUT2D eigenvalue weighted by molar-refractivity contribution is 9.09. The Bertz CT molecular complexity index is 476. The third kappa shape index (κ3) is 2.74. The van der Waals surface area contributed by atoms with E-state index >= 15 is 0 Å². The molecule has 0 aliphatic heterocycles. The van der Waals surface area contributed by atoms with Crippen molar-refractivity contribution in [2.45, 2.75) is 38.2 Å². The van der Waals surface area contributed by atoms with Crippen LogP contribution in [0.25, 0.3) is 0 Å². The molecule has 0 aliphatic carbocycles. The molecule has 92 valence electrons. The van der Waals surface area contributed by atoms with Gasteiger partial charge in [-0.1, -0.05) is 28.1 Å². The van der Waals surface area contributed by atoms with Gasteiger partial charge < -0.3 is 4.57 Å². The van der Waals surface area contributed by atoms with Crippen molar-refractivity contribution < 1.29 is 0 Å². The Morgan fingerprint density at radius 2 is 2.24 bits per heavy atom. The van der Waals surface area contributed by atoms with Crippen LogP contribution in [-0.2, 0) is 13.1 Å². The van der Waals surface area contributed by atoms with Crippen LogP contribution in [-0.4, -0.2) is 24.5 Å². The standard InChI is InChI=1S/C11H16BrN5/c1-3-10(12)11-7-17(15-14-11)6-9-5-13-8-16(9)4-2/h5,7-8,10H,3-4,6H2,1-2H3. The van der Waals surface area contributed by atoms with Gasteiger partial charge in [0.1, 0.15) is 0 Å². The highest BCUT2D eigenvalue weighted by atomic mass is 79.9. The van der Waals surface area contributed by atoms with Gasteiger partial charge in [-0.25, -0.2) is 9.67 Å². The number of hydrogen-bond donors (Lipinski definition) is 0. The average Bonchev–Trinajstić information content (AvgIpc) is 2.97. The number of imidazole rings is 1. The molecule has 6 heteroatoms. The number of hydrogen-bond acceptors (Lipinski definition) is 3. The van der Waals surface area contributed by atoms with E-state index < -0.39 is 0 Å². The smallest absolute Gasteiger partial charge is 0.0963 e. The lowest BCUT2D eigenvalue weighted by Crippen LogP contribution is -2.06. The van der Waals surface area contributed by atoms with Crippen LogP contribution in [0.3, 0.4) is 0 Å². The van der Waals surface area contributed by atoms with Gasteiger partial charge in [0, 0.05) is 6.54 Å². The van der Waals surface area contributed by atoms with Crippen molar-refractivity contribution in [1.82, 2.24) is 24.5 Å². The predicted molar refractivity (Wildman–Crippen MR) is 69.0 cm³/mol. The second-order valence-corrected chi connectivity index (χ2v) is 4.99. The monoisotopic (exact) mass is 297 g/mol. The summed E-state index contributed by atoms with van der Waals surface area (Å²) in [6.45, 7) is 5.85. The van der Waals surface area contributed by atoms with Crippen LogP contribution in [0.5, 0.6) is 0 Å². The van der Waals surface area contributed by atoms with Gasteiger partial charge in [-0.2, -0.15) is 0 Å². The Morgan fingerprint density at radius 1 is 1.41 bits per heavy atom. The molecular formula is C11H16BrN5.